The number of hydrogen-bond acceptors (Lipinski definition) is 8. The largest absolute Gasteiger partial charge is 0.345 e. The number of carbonyl (C=O) groups excluding carboxylic acids is 1. The van der Waals surface area contributed by atoms with Crippen molar-refractivity contribution in [1.82, 2.24) is 29.5 Å². The zero-order chi connectivity index (χ0) is 22.1. The first-order valence-electron chi connectivity index (χ1n) is 10.4. The maximum atomic E-state index is 13.3. The van der Waals surface area contributed by atoms with Gasteiger partial charge in [0, 0.05) is 60.5 Å². The lowest BCUT2D eigenvalue weighted by Gasteiger charge is -2.34. The van der Waals surface area contributed by atoms with Gasteiger partial charge in [-0.05, 0) is 31.5 Å². The lowest BCUT2D eigenvalue weighted by molar-refractivity contribution is 0.0746. The minimum absolute atomic E-state index is 0.0797. The molecule has 1 aliphatic rings. The van der Waals surface area contributed by atoms with Crippen molar-refractivity contribution >= 4 is 39.9 Å². The van der Waals surface area contributed by atoms with Gasteiger partial charge in [-0.25, -0.2) is 14.5 Å². The molecular formula is C22H23N7OS2. The summed E-state index contributed by atoms with van der Waals surface area (Å²) in [6.07, 6.45) is 1.82. The highest BCUT2D eigenvalue weighted by Gasteiger charge is 2.24. The average Bonchev–Trinajstić information content (AvgIpc) is 3.48. The lowest BCUT2D eigenvalue weighted by Crippen LogP contribution is -2.49. The molecule has 5 rings (SSSR count). The smallest absolute Gasteiger partial charge is 0.254 e. The number of thiazole rings is 1. The normalized spacial score (nSPS) is 14.3. The summed E-state index contributed by atoms with van der Waals surface area (Å²) < 4.78 is 1.76. The molecule has 1 saturated heterocycles. The Bertz CT molecular complexity index is 1250. The van der Waals surface area contributed by atoms with Crippen LogP contribution in [0.1, 0.15) is 27.3 Å². The van der Waals surface area contributed by atoms with Crippen molar-refractivity contribution < 1.29 is 4.79 Å². The van der Waals surface area contributed by atoms with Crippen molar-refractivity contribution in [1.29, 1.82) is 0 Å². The fourth-order valence-corrected chi connectivity index (χ4v) is 5.37. The molecule has 0 aliphatic carbocycles. The number of thioether (sulfide) groups is 1. The number of nitrogens with zero attached hydrogens (tertiary/aromatic N) is 7. The average molecular weight is 466 g/mol. The van der Waals surface area contributed by atoms with E-state index in [1.807, 2.05) is 60.7 Å². The maximum Gasteiger partial charge on any atom is 0.254 e. The molecule has 3 aromatic heterocycles. The molecule has 0 unspecified atom stereocenters. The SMILES string of the molecule is Cc1cc(C)n2nc(SCc3ccccc3C(=O)N3CCN(c4nccs4)CC3)nc2n1. The summed E-state index contributed by atoms with van der Waals surface area (Å²) in [5.41, 5.74) is 3.66. The number of fused-ring (bicyclic) bond motifs is 1. The van der Waals surface area contributed by atoms with Crippen LogP contribution in [0.15, 0.2) is 47.1 Å². The van der Waals surface area contributed by atoms with Crippen LogP contribution in [-0.2, 0) is 5.75 Å². The van der Waals surface area contributed by atoms with Gasteiger partial charge in [-0.1, -0.05) is 30.0 Å². The summed E-state index contributed by atoms with van der Waals surface area (Å²) in [5, 5.41) is 8.23. The van der Waals surface area contributed by atoms with E-state index in [0.717, 1.165) is 40.7 Å². The van der Waals surface area contributed by atoms with Gasteiger partial charge in [-0.2, -0.15) is 4.98 Å². The first kappa shape index (κ1) is 20.9. The van der Waals surface area contributed by atoms with Crippen LogP contribution < -0.4 is 4.90 Å². The lowest BCUT2D eigenvalue weighted by atomic mass is 10.1. The summed E-state index contributed by atoms with van der Waals surface area (Å²) in [5.74, 6) is 1.30. The van der Waals surface area contributed by atoms with Gasteiger partial charge >= 0.3 is 0 Å². The molecule has 1 fully saturated rings. The van der Waals surface area contributed by atoms with Gasteiger partial charge in [0.15, 0.2) is 5.13 Å². The van der Waals surface area contributed by atoms with Crippen LogP contribution >= 0.6 is 23.1 Å². The predicted molar refractivity (Wildman–Crippen MR) is 126 cm³/mol. The molecule has 0 bridgehead atoms. The van der Waals surface area contributed by atoms with Crippen molar-refractivity contribution in [3.05, 3.63) is 64.4 Å². The van der Waals surface area contributed by atoms with Crippen LogP contribution in [-0.4, -0.2) is 61.6 Å². The van der Waals surface area contributed by atoms with Crippen LogP contribution in [0.2, 0.25) is 0 Å². The number of hydrogen-bond donors (Lipinski definition) is 0. The maximum absolute atomic E-state index is 13.3. The topological polar surface area (TPSA) is 79.5 Å². The number of piperazine rings is 1. The second kappa shape index (κ2) is 8.87. The van der Waals surface area contributed by atoms with E-state index in [4.69, 9.17) is 0 Å². The standard InChI is InChI=1S/C22H23N7OS2/c1-15-13-16(2)29-20(24-15)25-21(26-29)32-14-17-5-3-4-6-18(17)19(30)27-8-10-28(11-9-27)22-23-7-12-31-22/h3-7,12-13H,8-11,14H2,1-2H3. The Labute approximate surface area is 194 Å². The summed E-state index contributed by atoms with van der Waals surface area (Å²) >= 11 is 3.16. The van der Waals surface area contributed by atoms with Gasteiger partial charge in [-0.15, -0.1) is 16.4 Å². The fourth-order valence-electron chi connectivity index (χ4n) is 3.85. The first-order valence-corrected chi connectivity index (χ1v) is 12.3. The van der Waals surface area contributed by atoms with Gasteiger partial charge in [0.25, 0.3) is 11.7 Å². The van der Waals surface area contributed by atoms with Gasteiger partial charge in [-0.3, -0.25) is 4.79 Å². The van der Waals surface area contributed by atoms with Crippen LogP contribution in [0.25, 0.3) is 5.78 Å². The van der Waals surface area contributed by atoms with Gasteiger partial charge in [0.2, 0.25) is 5.16 Å². The number of benzene rings is 1. The molecule has 0 radical (unpaired) electrons. The fraction of sp³-hybridized carbons (Fsp3) is 0.318. The first-order chi connectivity index (χ1) is 15.6. The van der Waals surface area contributed by atoms with Gasteiger partial charge in [0.05, 0.1) is 0 Å². The number of amides is 1. The van der Waals surface area contributed by atoms with Gasteiger partial charge in [0.1, 0.15) is 0 Å². The molecule has 1 amide bonds. The van der Waals surface area contributed by atoms with E-state index in [2.05, 4.69) is 25.0 Å². The van der Waals surface area contributed by atoms with Crippen molar-refractivity contribution in [3.8, 4) is 0 Å². The van der Waals surface area contributed by atoms with E-state index in [1.54, 1.807) is 15.9 Å². The van der Waals surface area contributed by atoms with E-state index in [0.29, 0.717) is 29.8 Å². The summed E-state index contributed by atoms with van der Waals surface area (Å²) in [7, 11) is 0. The second-order valence-electron chi connectivity index (χ2n) is 7.68. The third-order valence-electron chi connectivity index (χ3n) is 5.46. The van der Waals surface area contributed by atoms with E-state index < -0.39 is 0 Å². The van der Waals surface area contributed by atoms with Crippen LogP contribution in [0.5, 0.6) is 0 Å². The third-order valence-corrected chi connectivity index (χ3v) is 7.18. The Hall–Kier alpha value is -2.98. The molecular weight excluding hydrogens is 442 g/mol. The molecule has 1 aromatic carbocycles. The minimum atomic E-state index is 0.0797. The van der Waals surface area contributed by atoms with E-state index in [9.17, 15) is 4.79 Å². The molecule has 0 N–H and O–H groups in total. The zero-order valence-corrected chi connectivity index (χ0v) is 19.6. The molecule has 4 aromatic rings. The van der Waals surface area contributed by atoms with Gasteiger partial charge < -0.3 is 9.80 Å². The Morgan fingerprint density at radius 2 is 1.94 bits per heavy atom. The van der Waals surface area contributed by atoms with Crippen molar-refractivity contribution in [2.24, 2.45) is 0 Å². The Kier molecular flexibility index (Phi) is 5.79. The van der Waals surface area contributed by atoms with Crippen molar-refractivity contribution in [3.63, 3.8) is 0 Å². The Morgan fingerprint density at radius 3 is 2.72 bits per heavy atom. The Morgan fingerprint density at radius 1 is 1.12 bits per heavy atom. The highest BCUT2D eigenvalue weighted by molar-refractivity contribution is 7.98. The molecule has 4 heterocycles. The molecule has 32 heavy (non-hydrogen) atoms. The van der Waals surface area contributed by atoms with Crippen molar-refractivity contribution in [2.45, 2.75) is 24.8 Å². The third kappa shape index (κ3) is 4.20. The Balaban J connectivity index is 1.28. The summed E-state index contributed by atoms with van der Waals surface area (Å²) in [6, 6.07) is 9.80. The number of carbonyl (C=O) groups is 1. The van der Waals surface area contributed by atoms with E-state index in [-0.39, 0.29) is 5.91 Å². The quantitative estimate of drug-likeness (QED) is 0.418. The number of aromatic nitrogens is 5. The van der Waals surface area contributed by atoms with Crippen LogP contribution in [0.4, 0.5) is 5.13 Å². The molecule has 1 aliphatic heterocycles. The second-order valence-corrected chi connectivity index (χ2v) is 9.50. The minimum Gasteiger partial charge on any atom is -0.345 e. The van der Waals surface area contributed by atoms with E-state index >= 15 is 0 Å². The highest BCUT2D eigenvalue weighted by Crippen LogP contribution is 2.25. The highest BCUT2D eigenvalue weighted by atomic mass is 32.2. The molecule has 8 nitrogen and oxygen atoms in total. The molecule has 0 saturated carbocycles. The molecule has 0 spiro atoms. The molecule has 10 heteroatoms. The summed E-state index contributed by atoms with van der Waals surface area (Å²) in [4.78, 5) is 30.8. The summed E-state index contributed by atoms with van der Waals surface area (Å²) in [6.45, 7) is 6.93. The number of aryl methyl sites for hydroxylation is 2. The van der Waals surface area contributed by atoms with Crippen molar-refractivity contribution in [2.75, 3.05) is 31.1 Å². The predicted octanol–water partition coefficient (Wildman–Crippen LogP) is 3.45. The van der Waals surface area contributed by atoms with Crippen LogP contribution in [0, 0.1) is 13.8 Å². The van der Waals surface area contributed by atoms with Crippen LogP contribution in [0.3, 0.4) is 0 Å². The number of rotatable bonds is 5. The monoisotopic (exact) mass is 465 g/mol. The number of anilines is 1. The van der Waals surface area contributed by atoms with E-state index in [1.165, 1.54) is 11.8 Å². The zero-order valence-electron chi connectivity index (χ0n) is 17.9. The molecule has 0 atom stereocenters. The molecule has 164 valence electrons.